The van der Waals surface area contributed by atoms with Gasteiger partial charge in [-0.1, -0.05) is 5.16 Å². The van der Waals surface area contributed by atoms with E-state index in [2.05, 4.69) is 21.1 Å². The lowest BCUT2D eigenvalue weighted by molar-refractivity contribution is 0.429. The third-order valence-corrected chi connectivity index (χ3v) is 2.26. The van der Waals surface area contributed by atoms with Gasteiger partial charge in [0, 0.05) is 0 Å². The summed E-state index contributed by atoms with van der Waals surface area (Å²) in [5, 5.41) is 3.46. The second-order valence-electron chi connectivity index (χ2n) is 2.63. The molecule has 0 spiro atoms. The monoisotopic (exact) mass is 259 g/mol. The molecular formula is C9H4BrF2NO. The normalized spacial score (nSPS) is 10.5. The van der Waals surface area contributed by atoms with Crippen molar-refractivity contribution in [1.82, 2.24) is 5.16 Å². The molecule has 1 heterocycles. The summed E-state index contributed by atoms with van der Waals surface area (Å²) in [5.74, 6) is -0.893. The van der Waals surface area contributed by atoms with Crippen LogP contribution in [0.5, 0.6) is 0 Å². The number of halogens is 3. The fourth-order valence-corrected chi connectivity index (χ4v) is 1.45. The molecule has 0 atom stereocenters. The molecule has 2 aromatic rings. The van der Waals surface area contributed by atoms with Gasteiger partial charge in [0.05, 0.1) is 16.2 Å². The number of hydrogen-bond acceptors (Lipinski definition) is 2. The lowest BCUT2D eigenvalue weighted by Crippen LogP contribution is -1.85. The van der Waals surface area contributed by atoms with Crippen molar-refractivity contribution in [1.29, 1.82) is 0 Å². The molecule has 0 fully saturated rings. The van der Waals surface area contributed by atoms with Gasteiger partial charge in [0.1, 0.15) is 11.6 Å². The molecule has 0 saturated heterocycles. The molecule has 0 aliphatic carbocycles. The van der Waals surface area contributed by atoms with Crippen molar-refractivity contribution in [3.63, 3.8) is 0 Å². The van der Waals surface area contributed by atoms with Crippen molar-refractivity contribution in [3.8, 4) is 11.3 Å². The highest BCUT2D eigenvalue weighted by Crippen LogP contribution is 2.30. The van der Waals surface area contributed by atoms with Crippen LogP contribution in [0.1, 0.15) is 0 Å². The van der Waals surface area contributed by atoms with Crippen LogP contribution in [0.4, 0.5) is 8.78 Å². The first-order valence-electron chi connectivity index (χ1n) is 3.74. The smallest absolute Gasteiger partial charge is 0.184 e. The Labute approximate surface area is 86.7 Å². The number of benzene rings is 1. The maximum absolute atomic E-state index is 13.2. The summed E-state index contributed by atoms with van der Waals surface area (Å²) < 4.78 is 31.3. The van der Waals surface area contributed by atoms with E-state index in [-0.39, 0.29) is 11.3 Å². The highest BCUT2D eigenvalue weighted by atomic mass is 79.9. The van der Waals surface area contributed by atoms with Crippen LogP contribution in [0.15, 0.2) is 33.4 Å². The zero-order valence-electron chi connectivity index (χ0n) is 6.80. The van der Waals surface area contributed by atoms with Crippen LogP contribution in [-0.2, 0) is 0 Å². The highest BCUT2D eigenvalue weighted by molar-refractivity contribution is 9.10. The number of rotatable bonds is 1. The average molecular weight is 260 g/mol. The molecule has 0 N–H and O–H groups in total. The summed E-state index contributed by atoms with van der Waals surface area (Å²) in [6.45, 7) is 0. The Balaban J connectivity index is 2.62. The standard InChI is InChI=1S/C9H4BrF2NO/c10-7-4-13-14-9(7)6-3-5(11)1-2-8(6)12/h1-4H. The largest absolute Gasteiger partial charge is 0.355 e. The topological polar surface area (TPSA) is 26.0 Å². The van der Waals surface area contributed by atoms with Crippen LogP contribution in [0.2, 0.25) is 0 Å². The van der Waals surface area contributed by atoms with E-state index in [1.165, 1.54) is 6.20 Å². The minimum atomic E-state index is -0.552. The van der Waals surface area contributed by atoms with Gasteiger partial charge in [-0.15, -0.1) is 0 Å². The second-order valence-corrected chi connectivity index (χ2v) is 3.48. The Morgan fingerprint density at radius 1 is 1.29 bits per heavy atom. The van der Waals surface area contributed by atoms with E-state index in [1.54, 1.807) is 0 Å². The summed E-state index contributed by atoms with van der Waals surface area (Å²) >= 11 is 3.12. The van der Waals surface area contributed by atoms with Gasteiger partial charge in [0.15, 0.2) is 5.76 Å². The second kappa shape index (κ2) is 3.49. The number of nitrogens with zero attached hydrogens (tertiary/aromatic N) is 1. The molecule has 2 rings (SSSR count). The molecule has 14 heavy (non-hydrogen) atoms. The molecule has 2 nitrogen and oxygen atoms in total. The van der Waals surface area contributed by atoms with Crippen LogP contribution in [0, 0.1) is 11.6 Å². The first kappa shape index (κ1) is 9.33. The van der Waals surface area contributed by atoms with Gasteiger partial charge in [-0.05, 0) is 34.1 Å². The maximum atomic E-state index is 13.2. The van der Waals surface area contributed by atoms with E-state index < -0.39 is 11.6 Å². The fraction of sp³-hybridized carbons (Fsp3) is 0. The average Bonchev–Trinajstić information content (AvgIpc) is 2.56. The van der Waals surface area contributed by atoms with Crippen molar-refractivity contribution in [2.45, 2.75) is 0 Å². The molecule has 0 aliphatic heterocycles. The van der Waals surface area contributed by atoms with E-state index in [1.807, 2.05) is 0 Å². The third-order valence-electron chi connectivity index (χ3n) is 1.70. The van der Waals surface area contributed by atoms with Crippen molar-refractivity contribution in [2.75, 3.05) is 0 Å². The van der Waals surface area contributed by atoms with E-state index in [9.17, 15) is 8.78 Å². The summed E-state index contributed by atoms with van der Waals surface area (Å²) in [5.41, 5.74) is 0.0503. The molecule has 72 valence electrons. The predicted molar refractivity (Wildman–Crippen MR) is 49.6 cm³/mol. The fourth-order valence-electron chi connectivity index (χ4n) is 1.08. The van der Waals surface area contributed by atoms with Crippen molar-refractivity contribution in [3.05, 3.63) is 40.5 Å². The van der Waals surface area contributed by atoms with Gasteiger partial charge in [0.2, 0.25) is 0 Å². The molecule has 0 saturated carbocycles. The summed E-state index contributed by atoms with van der Waals surface area (Å²) in [4.78, 5) is 0. The van der Waals surface area contributed by atoms with E-state index in [0.29, 0.717) is 4.47 Å². The Morgan fingerprint density at radius 2 is 2.07 bits per heavy atom. The predicted octanol–water partition coefficient (Wildman–Crippen LogP) is 3.38. The zero-order chi connectivity index (χ0) is 10.1. The molecule has 0 radical (unpaired) electrons. The van der Waals surface area contributed by atoms with Gasteiger partial charge >= 0.3 is 0 Å². The van der Waals surface area contributed by atoms with Crippen molar-refractivity contribution < 1.29 is 13.3 Å². The summed E-state index contributed by atoms with van der Waals surface area (Å²) in [6, 6.07) is 3.14. The molecule has 0 unspecified atom stereocenters. The third kappa shape index (κ3) is 1.55. The Morgan fingerprint density at radius 3 is 2.71 bits per heavy atom. The van der Waals surface area contributed by atoms with Gasteiger partial charge in [-0.25, -0.2) is 8.78 Å². The molecular weight excluding hydrogens is 256 g/mol. The zero-order valence-corrected chi connectivity index (χ0v) is 8.38. The van der Waals surface area contributed by atoms with Crippen LogP contribution in [0.3, 0.4) is 0 Å². The maximum Gasteiger partial charge on any atom is 0.184 e. The lowest BCUT2D eigenvalue weighted by atomic mass is 10.1. The molecule has 5 heteroatoms. The summed E-state index contributed by atoms with van der Waals surface area (Å²) in [6.07, 6.45) is 1.37. The van der Waals surface area contributed by atoms with E-state index in [4.69, 9.17) is 4.52 Å². The van der Waals surface area contributed by atoms with Crippen molar-refractivity contribution in [2.24, 2.45) is 0 Å². The minimum absolute atomic E-state index is 0.0503. The van der Waals surface area contributed by atoms with E-state index in [0.717, 1.165) is 18.2 Å². The van der Waals surface area contributed by atoms with E-state index >= 15 is 0 Å². The highest BCUT2D eigenvalue weighted by Gasteiger charge is 2.13. The number of aromatic nitrogens is 1. The Bertz CT molecular complexity index is 470. The number of hydrogen-bond donors (Lipinski definition) is 0. The van der Waals surface area contributed by atoms with Gasteiger partial charge in [-0.3, -0.25) is 0 Å². The quantitative estimate of drug-likeness (QED) is 0.785. The molecule has 0 aliphatic rings. The van der Waals surface area contributed by atoms with Crippen LogP contribution in [-0.4, -0.2) is 5.16 Å². The molecule has 1 aromatic carbocycles. The summed E-state index contributed by atoms with van der Waals surface area (Å²) in [7, 11) is 0. The molecule has 0 bridgehead atoms. The Hall–Kier alpha value is -1.23. The van der Waals surface area contributed by atoms with Crippen molar-refractivity contribution >= 4 is 15.9 Å². The first-order valence-corrected chi connectivity index (χ1v) is 4.53. The van der Waals surface area contributed by atoms with Crippen LogP contribution in [0.25, 0.3) is 11.3 Å². The molecule has 1 aromatic heterocycles. The SMILES string of the molecule is Fc1ccc(F)c(-c2oncc2Br)c1. The first-order chi connectivity index (χ1) is 6.68. The van der Waals surface area contributed by atoms with Crippen LogP contribution >= 0.6 is 15.9 Å². The molecule has 0 amide bonds. The lowest BCUT2D eigenvalue weighted by Gasteiger charge is -1.98. The van der Waals surface area contributed by atoms with Crippen LogP contribution < -0.4 is 0 Å². The van der Waals surface area contributed by atoms with Gasteiger partial charge in [0.25, 0.3) is 0 Å². The Kier molecular flexibility index (Phi) is 2.33. The van der Waals surface area contributed by atoms with Gasteiger partial charge < -0.3 is 4.52 Å². The minimum Gasteiger partial charge on any atom is -0.355 e. The van der Waals surface area contributed by atoms with Gasteiger partial charge in [-0.2, -0.15) is 0 Å².